The minimum atomic E-state index is 0.472. The summed E-state index contributed by atoms with van der Waals surface area (Å²) in [4.78, 5) is 6.50. The third-order valence-electron chi connectivity index (χ3n) is 4.39. The Morgan fingerprint density at radius 3 is 2.83 bits per heavy atom. The van der Waals surface area contributed by atoms with E-state index in [-0.39, 0.29) is 0 Å². The second kappa shape index (κ2) is 9.06. The zero-order valence-electron chi connectivity index (χ0n) is 15.9. The Morgan fingerprint density at radius 2 is 2.25 bits per heavy atom. The first kappa shape index (κ1) is 18.8. The Hall–Kier alpha value is -1.56. The van der Waals surface area contributed by atoms with Crippen LogP contribution in [-0.4, -0.2) is 61.0 Å². The maximum absolute atomic E-state index is 5.71. The van der Waals surface area contributed by atoms with Gasteiger partial charge in [0.15, 0.2) is 5.96 Å². The molecule has 0 saturated heterocycles. The monoisotopic (exact) mass is 335 g/mol. The van der Waals surface area contributed by atoms with E-state index in [9.17, 15) is 0 Å². The molecule has 1 heterocycles. The number of nitrogens with one attached hydrogen (secondary N) is 1. The Morgan fingerprint density at radius 1 is 1.50 bits per heavy atom. The first-order valence-electron chi connectivity index (χ1n) is 9.00. The molecule has 1 aliphatic carbocycles. The minimum Gasteiger partial charge on any atom is -0.379 e. The average Bonchev–Trinajstić information content (AvgIpc) is 3.30. The van der Waals surface area contributed by atoms with E-state index >= 15 is 0 Å². The Kier molecular flexibility index (Phi) is 7.09. The number of aliphatic imine (C=N–C) groups is 1. The van der Waals surface area contributed by atoms with Gasteiger partial charge in [0.2, 0.25) is 0 Å². The molecule has 6 nitrogen and oxygen atoms in total. The summed E-state index contributed by atoms with van der Waals surface area (Å²) in [5.74, 6) is 2.22. The van der Waals surface area contributed by atoms with Crippen molar-refractivity contribution >= 4 is 5.96 Å². The van der Waals surface area contributed by atoms with Crippen molar-refractivity contribution in [1.29, 1.82) is 0 Å². The minimum absolute atomic E-state index is 0.472. The summed E-state index contributed by atoms with van der Waals surface area (Å²) in [6.07, 6.45) is 2.68. The lowest BCUT2D eigenvalue weighted by Gasteiger charge is -2.23. The summed E-state index contributed by atoms with van der Waals surface area (Å²) >= 11 is 0. The predicted molar refractivity (Wildman–Crippen MR) is 98.4 cm³/mol. The van der Waals surface area contributed by atoms with Crippen LogP contribution in [0.5, 0.6) is 0 Å². The van der Waals surface area contributed by atoms with Crippen molar-refractivity contribution in [3.05, 3.63) is 17.5 Å². The van der Waals surface area contributed by atoms with Crippen LogP contribution in [-0.2, 0) is 11.3 Å². The van der Waals surface area contributed by atoms with E-state index < -0.39 is 0 Å². The fourth-order valence-corrected chi connectivity index (χ4v) is 2.71. The molecule has 1 aliphatic rings. The fourth-order valence-electron chi connectivity index (χ4n) is 2.71. The normalized spacial score (nSPS) is 16.3. The van der Waals surface area contributed by atoms with Crippen molar-refractivity contribution < 1.29 is 4.74 Å². The number of likely N-dealkylation sites (N-methyl/N-ethyl adjacent to an activating group) is 1. The quantitative estimate of drug-likeness (QED) is 0.426. The number of rotatable bonds is 9. The van der Waals surface area contributed by atoms with Crippen LogP contribution in [0.2, 0.25) is 0 Å². The fraction of sp³-hybridized carbons (Fsp3) is 0.778. The van der Waals surface area contributed by atoms with Gasteiger partial charge in [0.25, 0.3) is 0 Å². The predicted octanol–water partition coefficient (Wildman–Crippen LogP) is 2.07. The van der Waals surface area contributed by atoms with Gasteiger partial charge in [-0.15, -0.1) is 0 Å². The van der Waals surface area contributed by atoms with Crippen molar-refractivity contribution in [1.82, 2.24) is 20.0 Å². The maximum Gasteiger partial charge on any atom is 0.193 e. The van der Waals surface area contributed by atoms with E-state index in [1.165, 1.54) is 18.5 Å². The number of hydrogen-bond acceptors (Lipinski definition) is 3. The van der Waals surface area contributed by atoms with Gasteiger partial charge < -0.3 is 15.0 Å². The zero-order valence-corrected chi connectivity index (χ0v) is 15.9. The summed E-state index contributed by atoms with van der Waals surface area (Å²) in [6.45, 7) is 10.7. The SMILES string of the molecule is CN=C(NCC(C)Cn1nc(C)cc1C)N(C)CCOCC1CC1. The van der Waals surface area contributed by atoms with Crippen molar-refractivity contribution in [3.63, 3.8) is 0 Å². The smallest absolute Gasteiger partial charge is 0.193 e. The largest absolute Gasteiger partial charge is 0.379 e. The molecule has 0 amide bonds. The van der Waals surface area contributed by atoms with Crippen LogP contribution in [0.25, 0.3) is 0 Å². The highest BCUT2D eigenvalue weighted by Gasteiger charge is 2.21. The van der Waals surface area contributed by atoms with Crippen LogP contribution >= 0.6 is 0 Å². The van der Waals surface area contributed by atoms with E-state index in [2.05, 4.69) is 52.0 Å². The van der Waals surface area contributed by atoms with Crippen LogP contribution in [0.4, 0.5) is 0 Å². The van der Waals surface area contributed by atoms with Crippen LogP contribution in [0.1, 0.15) is 31.2 Å². The Balaban J connectivity index is 1.68. The molecule has 0 aromatic carbocycles. The molecule has 1 unspecified atom stereocenters. The summed E-state index contributed by atoms with van der Waals surface area (Å²) in [7, 11) is 3.89. The van der Waals surface area contributed by atoms with E-state index in [4.69, 9.17) is 4.74 Å². The second-order valence-corrected chi connectivity index (χ2v) is 7.08. The molecule has 0 bridgehead atoms. The van der Waals surface area contributed by atoms with E-state index in [0.717, 1.165) is 50.4 Å². The molecule has 0 aliphatic heterocycles. The van der Waals surface area contributed by atoms with E-state index in [0.29, 0.717) is 5.92 Å². The molecule has 1 saturated carbocycles. The number of hydrogen-bond donors (Lipinski definition) is 1. The lowest BCUT2D eigenvalue weighted by atomic mass is 10.2. The molecule has 1 N–H and O–H groups in total. The molecule has 1 aromatic heterocycles. The molecule has 6 heteroatoms. The number of ether oxygens (including phenoxy) is 1. The lowest BCUT2D eigenvalue weighted by molar-refractivity contribution is 0.115. The van der Waals surface area contributed by atoms with Gasteiger partial charge in [-0.05, 0) is 44.6 Å². The highest BCUT2D eigenvalue weighted by Crippen LogP contribution is 2.28. The Labute approximate surface area is 146 Å². The third kappa shape index (κ3) is 6.15. The lowest BCUT2D eigenvalue weighted by Crippen LogP contribution is -2.42. The summed E-state index contributed by atoms with van der Waals surface area (Å²) < 4.78 is 7.79. The highest BCUT2D eigenvalue weighted by atomic mass is 16.5. The molecular formula is C18H33N5O. The molecule has 0 spiro atoms. The molecule has 0 radical (unpaired) electrons. The second-order valence-electron chi connectivity index (χ2n) is 7.08. The number of aromatic nitrogens is 2. The summed E-state index contributed by atoms with van der Waals surface area (Å²) in [6, 6.07) is 2.12. The molecular weight excluding hydrogens is 302 g/mol. The third-order valence-corrected chi connectivity index (χ3v) is 4.39. The zero-order chi connectivity index (χ0) is 17.5. The first-order valence-corrected chi connectivity index (χ1v) is 9.00. The summed E-state index contributed by atoms with van der Waals surface area (Å²) in [5.41, 5.74) is 2.29. The van der Waals surface area contributed by atoms with Gasteiger partial charge in [0.1, 0.15) is 0 Å². The molecule has 2 rings (SSSR count). The van der Waals surface area contributed by atoms with Gasteiger partial charge in [-0.3, -0.25) is 9.67 Å². The van der Waals surface area contributed by atoms with Crippen LogP contribution in [0, 0.1) is 25.7 Å². The molecule has 1 fully saturated rings. The topological polar surface area (TPSA) is 54.7 Å². The molecule has 24 heavy (non-hydrogen) atoms. The molecule has 1 aromatic rings. The first-order chi connectivity index (χ1) is 11.5. The van der Waals surface area contributed by atoms with Gasteiger partial charge in [0.05, 0.1) is 12.3 Å². The number of aryl methyl sites for hydroxylation is 2. The van der Waals surface area contributed by atoms with Crippen LogP contribution in [0.3, 0.4) is 0 Å². The van der Waals surface area contributed by atoms with Crippen molar-refractivity contribution in [2.45, 2.75) is 40.2 Å². The number of nitrogens with zero attached hydrogens (tertiary/aromatic N) is 4. The standard InChI is InChI=1S/C18H33N5O/c1-14(12-23-16(3)10-15(2)21-23)11-20-18(19-4)22(5)8-9-24-13-17-6-7-17/h10,14,17H,6-9,11-13H2,1-5H3,(H,19,20). The maximum atomic E-state index is 5.71. The Bertz CT molecular complexity index is 536. The van der Waals surface area contributed by atoms with E-state index in [1.807, 2.05) is 14.0 Å². The van der Waals surface area contributed by atoms with Crippen LogP contribution < -0.4 is 5.32 Å². The molecule has 136 valence electrons. The van der Waals surface area contributed by atoms with Gasteiger partial charge >= 0.3 is 0 Å². The van der Waals surface area contributed by atoms with Gasteiger partial charge in [-0.2, -0.15) is 5.10 Å². The van der Waals surface area contributed by atoms with Gasteiger partial charge in [-0.1, -0.05) is 6.92 Å². The average molecular weight is 335 g/mol. The van der Waals surface area contributed by atoms with Gasteiger partial charge in [-0.25, -0.2) is 0 Å². The molecule has 1 atom stereocenters. The van der Waals surface area contributed by atoms with Crippen molar-refractivity contribution in [3.8, 4) is 0 Å². The number of guanidine groups is 1. The highest BCUT2D eigenvalue weighted by molar-refractivity contribution is 5.79. The van der Waals surface area contributed by atoms with E-state index in [1.54, 1.807) is 0 Å². The summed E-state index contributed by atoms with van der Waals surface area (Å²) in [5, 5.41) is 7.99. The van der Waals surface area contributed by atoms with Crippen molar-refractivity contribution in [2.24, 2.45) is 16.8 Å². The van der Waals surface area contributed by atoms with Gasteiger partial charge in [0, 0.05) is 46.0 Å². The van der Waals surface area contributed by atoms with Crippen molar-refractivity contribution in [2.75, 3.05) is 40.4 Å². The van der Waals surface area contributed by atoms with Crippen LogP contribution in [0.15, 0.2) is 11.1 Å².